The highest BCUT2D eigenvalue weighted by Crippen LogP contribution is 2.32. The predicted molar refractivity (Wildman–Crippen MR) is 182 cm³/mol. The Hall–Kier alpha value is -4.04. The van der Waals surface area contributed by atoms with Gasteiger partial charge in [-0.1, -0.05) is 19.1 Å². The van der Waals surface area contributed by atoms with Gasteiger partial charge in [0.15, 0.2) is 5.13 Å². The molecular weight excluding hydrogens is 624 g/mol. The van der Waals surface area contributed by atoms with Crippen LogP contribution in [-0.4, -0.2) is 68.8 Å². The van der Waals surface area contributed by atoms with E-state index in [-0.39, 0.29) is 17.9 Å². The first kappa shape index (κ1) is 37.4. The van der Waals surface area contributed by atoms with E-state index in [0.717, 1.165) is 35.5 Å². The molecule has 2 atom stereocenters. The van der Waals surface area contributed by atoms with Crippen LogP contribution in [0, 0.1) is 5.92 Å². The third-order valence-electron chi connectivity index (χ3n) is 7.12. The summed E-state index contributed by atoms with van der Waals surface area (Å²) in [5, 5.41) is 18.5. The van der Waals surface area contributed by atoms with Crippen LogP contribution in [0.1, 0.15) is 90.8 Å². The number of aliphatic carboxylic acids is 1. The molecule has 1 aliphatic rings. The average Bonchev–Trinajstić information content (AvgIpc) is 3.30. The summed E-state index contributed by atoms with van der Waals surface area (Å²) in [5.74, 6) is -1.51. The number of nitrogens with zero attached hydrogens (tertiary/aromatic N) is 3. The molecule has 1 fully saturated rings. The van der Waals surface area contributed by atoms with E-state index >= 15 is 0 Å². The molecule has 0 spiro atoms. The fourth-order valence-corrected chi connectivity index (χ4v) is 6.34. The molecule has 0 aliphatic carbocycles. The number of amides is 3. The predicted octanol–water partition coefficient (Wildman–Crippen LogP) is 6.19. The van der Waals surface area contributed by atoms with E-state index in [1.807, 2.05) is 19.1 Å². The number of carbonyl (C=O) groups excluding carboxylic acids is 3. The van der Waals surface area contributed by atoms with E-state index in [1.54, 1.807) is 53.7 Å². The Labute approximate surface area is 280 Å². The molecule has 0 saturated carbocycles. The zero-order chi connectivity index (χ0) is 34.9. The molecule has 2 aromatic rings. The number of thiazole rings is 1. The first-order valence-corrected chi connectivity index (χ1v) is 16.6. The average molecular weight is 673 g/mol. The Morgan fingerprint density at radius 3 is 2.26 bits per heavy atom. The van der Waals surface area contributed by atoms with E-state index in [0.29, 0.717) is 36.6 Å². The summed E-state index contributed by atoms with van der Waals surface area (Å²) in [7, 11) is 0. The number of aromatic nitrogens is 1. The van der Waals surface area contributed by atoms with E-state index in [9.17, 15) is 24.3 Å². The summed E-state index contributed by atoms with van der Waals surface area (Å²) < 4.78 is 10.6. The first-order chi connectivity index (χ1) is 21.9. The van der Waals surface area contributed by atoms with E-state index in [2.05, 4.69) is 25.8 Å². The smallest absolute Gasteiger partial charge is 0.437 e. The second kappa shape index (κ2) is 16.2. The highest BCUT2D eigenvalue weighted by Gasteiger charge is 2.35. The number of carboxylic acids is 1. The van der Waals surface area contributed by atoms with Crippen molar-refractivity contribution in [3.05, 3.63) is 40.4 Å². The van der Waals surface area contributed by atoms with Gasteiger partial charge in [-0.25, -0.2) is 14.6 Å². The van der Waals surface area contributed by atoms with Crippen molar-refractivity contribution in [3.8, 4) is 0 Å². The van der Waals surface area contributed by atoms with Crippen molar-refractivity contribution in [1.29, 1.82) is 0 Å². The number of nitrogens with one attached hydrogen (secondary N) is 3. The van der Waals surface area contributed by atoms with Crippen molar-refractivity contribution in [2.45, 2.75) is 111 Å². The number of likely N-dealkylation sites (tertiary alicyclic amines) is 1. The summed E-state index contributed by atoms with van der Waals surface area (Å²) >= 11 is 1.43. The topological polar surface area (TPSA) is 172 Å². The molecule has 258 valence electrons. The summed E-state index contributed by atoms with van der Waals surface area (Å²) in [4.78, 5) is 60.4. The van der Waals surface area contributed by atoms with Gasteiger partial charge < -0.3 is 25.2 Å². The number of hydrogen-bond acceptors (Lipinski definition) is 9. The summed E-state index contributed by atoms with van der Waals surface area (Å²) in [6, 6.07) is 7.36. The lowest BCUT2D eigenvalue weighted by atomic mass is 9.87. The lowest BCUT2D eigenvalue weighted by Crippen LogP contribution is -2.47. The van der Waals surface area contributed by atoms with Crippen molar-refractivity contribution >= 4 is 52.2 Å². The zero-order valence-electron chi connectivity index (χ0n) is 28.6. The lowest BCUT2D eigenvalue weighted by Gasteiger charge is -2.39. The monoisotopic (exact) mass is 672 g/mol. The SMILES string of the molecule is CCC1[C@@H](C(=O)O)CCCN1Cc1sc(NC(C)=O)nc1CCc1ccc(NC(=NC(=O)OC(C)(C)C)NC(=O)OC(C)(C)C)cc1. The van der Waals surface area contributed by atoms with Gasteiger partial charge in [0.05, 0.1) is 11.6 Å². The number of aliphatic imine (C=N–C) groups is 1. The van der Waals surface area contributed by atoms with Gasteiger partial charge in [0.25, 0.3) is 0 Å². The number of alkyl carbamates (subject to hydrolysis) is 1. The number of guanidine groups is 1. The molecule has 1 unspecified atom stereocenters. The van der Waals surface area contributed by atoms with Gasteiger partial charge in [-0.15, -0.1) is 16.3 Å². The van der Waals surface area contributed by atoms with E-state index < -0.39 is 35.3 Å². The Balaban J connectivity index is 1.74. The number of rotatable bonds is 9. The molecule has 3 amide bonds. The molecule has 0 bridgehead atoms. The quantitative estimate of drug-likeness (QED) is 0.178. The molecule has 14 heteroatoms. The largest absolute Gasteiger partial charge is 0.481 e. The van der Waals surface area contributed by atoms with Crippen molar-refractivity contribution in [1.82, 2.24) is 15.2 Å². The molecule has 1 saturated heterocycles. The van der Waals surface area contributed by atoms with Gasteiger partial charge >= 0.3 is 18.2 Å². The van der Waals surface area contributed by atoms with Gasteiger partial charge in [-0.05, 0) is 97.9 Å². The Morgan fingerprint density at radius 1 is 1.02 bits per heavy atom. The molecule has 1 aromatic heterocycles. The molecule has 13 nitrogen and oxygen atoms in total. The van der Waals surface area contributed by atoms with Crippen LogP contribution >= 0.6 is 11.3 Å². The number of anilines is 2. The van der Waals surface area contributed by atoms with E-state index in [4.69, 9.17) is 14.5 Å². The maximum Gasteiger partial charge on any atom is 0.437 e. The van der Waals surface area contributed by atoms with Gasteiger partial charge in [-0.3, -0.25) is 19.8 Å². The maximum absolute atomic E-state index is 12.4. The van der Waals surface area contributed by atoms with Crippen LogP contribution in [0.25, 0.3) is 0 Å². The molecule has 0 radical (unpaired) electrons. The van der Waals surface area contributed by atoms with Crippen molar-refractivity contribution < 1.29 is 33.8 Å². The normalized spacial score (nSPS) is 17.5. The van der Waals surface area contributed by atoms with Crippen LogP contribution in [-0.2, 0) is 38.4 Å². The molecule has 1 aliphatic heterocycles. The lowest BCUT2D eigenvalue weighted by molar-refractivity contribution is -0.146. The molecule has 2 heterocycles. The summed E-state index contributed by atoms with van der Waals surface area (Å²) in [6.45, 7) is 15.2. The third kappa shape index (κ3) is 12.6. The molecule has 3 rings (SSSR count). The summed E-state index contributed by atoms with van der Waals surface area (Å²) in [5.41, 5.74) is 0.914. The highest BCUT2D eigenvalue weighted by atomic mass is 32.1. The van der Waals surface area contributed by atoms with Crippen LogP contribution < -0.4 is 16.0 Å². The van der Waals surface area contributed by atoms with Crippen LogP contribution in [0.5, 0.6) is 0 Å². The van der Waals surface area contributed by atoms with Crippen LogP contribution in [0.15, 0.2) is 29.3 Å². The number of carbonyl (C=O) groups is 4. The van der Waals surface area contributed by atoms with Crippen LogP contribution in [0.3, 0.4) is 0 Å². The molecule has 1 aromatic carbocycles. The molecule has 4 N–H and O–H groups in total. The Kier molecular flexibility index (Phi) is 12.9. The minimum atomic E-state index is -0.876. The number of benzene rings is 1. The van der Waals surface area contributed by atoms with Crippen molar-refractivity contribution in [2.24, 2.45) is 10.9 Å². The minimum absolute atomic E-state index is 0.0611. The maximum atomic E-state index is 12.4. The molecule has 47 heavy (non-hydrogen) atoms. The third-order valence-corrected chi connectivity index (χ3v) is 8.12. The zero-order valence-corrected chi connectivity index (χ0v) is 29.4. The molecular formula is C33H48N6O7S. The second-order valence-corrected chi connectivity index (χ2v) is 14.6. The Morgan fingerprint density at radius 2 is 1.68 bits per heavy atom. The number of aryl methyl sites for hydroxylation is 2. The van der Waals surface area contributed by atoms with Crippen LogP contribution in [0.4, 0.5) is 20.4 Å². The van der Waals surface area contributed by atoms with Gasteiger partial charge in [0.1, 0.15) is 11.2 Å². The second-order valence-electron chi connectivity index (χ2n) is 13.5. The Bertz CT molecular complexity index is 1440. The number of hydrogen-bond donors (Lipinski definition) is 4. The minimum Gasteiger partial charge on any atom is -0.481 e. The van der Waals surface area contributed by atoms with E-state index in [1.165, 1.54) is 18.3 Å². The van der Waals surface area contributed by atoms with Gasteiger partial charge in [0.2, 0.25) is 11.9 Å². The van der Waals surface area contributed by atoms with Crippen LogP contribution in [0.2, 0.25) is 0 Å². The van der Waals surface area contributed by atoms with Gasteiger partial charge in [-0.2, -0.15) is 0 Å². The van der Waals surface area contributed by atoms with Gasteiger partial charge in [0, 0.05) is 30.1 Å². The first-order valence-electron chi connectivity index (χ1n) is 15.8. The standard InChI is InChI=1S/C33H48N6O7S/c1-9-25-23(27(41)42)11-10-18-39(25)19-26-24(36-29(47-26)34-20(2)40)17-14-21-12-15-22(16-13-21)35-28(37-30(43)45-32(3,4)5)38-31(44)46-33(6,7)8/h12-13,15-16,23,25H,9-11,14,17-19H2,1-8H3,(H,41,42)(H,34,36,40)(H2,35,37,38,43,44)/t23-,25?/m0/s1. The fourth-order valence-electron chi connectivity index (χ4n) is 5.26. The number of ether oxygens (including phenoxy) is 2. The fraction of sp³-hybridized carbons (Fsp3) is 0.576. The summed E-state index contributed by atoms with van der Waals surface area (Å²) in [6.07, 6.45) is 1.83. The highest BCUT2D eigenvalue weighted by molar-refractivity contribution is 7.15. The number of piperidine rings is 1. The van der Waals surface area contributed by atoms with Crippen molar-refractivity contribution in [3.63, 3.8) is 0 Å². The van der Waals surface area contributed by atoms with Crippen molar-refractivity contribution in [2.75, 3.05) is 17.2 Å². The number of carboxylic acid groups (broad SMARTS) is 1.